The van der Waals surface area contributed by atoms with Gasteiger partial charge in [0.05, 0.1) is 12.1 Å². The zero-order valence-electron chi connectivity index (χ0n) is 10.3. The number of hydrogen-bond acceptors (Lipinski definition) is 3. The van der Waals surface area contributed by atoms with Crippen molar-refractivity contribution >= 4 is 11.3 Å². The summed E-state index contributed by atoms with van der Waals surface area (Å²) in [5.74, 6) is 4.53. The van der Waals surface area contributed by atoms with Crippen LogP contribution in [0.1, 0.15) is 16.8 Å². The fraction of sp³-hybridized carbons (Fsp3) is 0.214. The Balaban J connectivity index is 2.34. The van der Waals surface area contributed by atoms with Gasteiger partial charge in [0.25, 0.3) is 0 Å². The molecule has 3 nitrogen and oxygen atoms in total. The first-order chi connectivity index (χ1) is 9.11. The molecule has 5 heteroatoms. The molecular weight excluding hydrogens is 265 g/mol. The smallest absolute Gasteiger partial charge is 0.307 e. The first-order valence-corrected chi connectivity index (χ1v) is 6.53. The lowest BCUT2D eigenvalue weighted by Crippen LogP contribution is -2.15. The third-order valence-corrected chi connectivity index (χ3v) is 3.53. The Kier molecular flexibility index (Phi) is 4.15. The lowest BCUT2D eigenvalue weighted by molar-refractivity contribution is 0.350. The maximum atomic E-state index is 13.5. The minimum absolute atomic E-state index is 0.0372. The predicted octanol–water partition coefficient (Wildman–Crippen LogP) is 1.75. The molecule has 0 aliphatic rings. The van der Waals surface area contributed by atoms with Gasteiger partial charge in [-0.2, -0.15) is 0 Å². The van der Waals surface area contributed by atoms with Crippen LogP contribution in [0.25, 0.3) is 0 Å². The number of rotatable bonds is 2. The number of aromatic nitrogens is 1. The lowest BCUT2D eigenvalue weighted by Gasteiger charge is -2.05. The van der Waals surface area contributed by atoms with Crippen LogP contribution in [0, 0.1) is 24.6 Å². The molecule has 1 aromatic carbocycles. The number of hydrogen-bond donors (Lipinski definition) is 1. The molecule has 0 aliphatic carbocycles. The van der Waals surface area contributed by atoms with Gasteiger partial charge >= 0.3 is 4.87 Å². The molecule has 0 aliphatic heterocycles. The second-order valence-electron chi connectivity index (χ2n) is 4.00. The molecule has 0 atom stereocenters. The summed E-state index contributed by atoms with van der Waals surface area (Å²) < 4.78 is 15.1. The van der Waals surface area contributed by atoms with Crippen LogP contribution in [-0.2, 0) is 6.54 Å². The van der Waals surface area contributed by atoms with Crippen LogP contribution in [0.15, 0.2) is 28.4 Å². The molecule has 2 aromatic rings. The zero-order valence-corrected chi connectivity index (χ0v) is 11.1. The fourth-order valence-corrected chi connectivity index (χ4v) is 2.41. The van der Waals surface area contributed by atoms with Gasteiger partial charge in [0.15, 0.2) is 0 Å². The minimum atomic E-state index is -0.431. The summed E-state index contributed by atoms with van der Waals surface area (Å²) in [6.07, 6.45) is 0. The van der Waals surface area contributed by atoms with Crippen LogP contribution in [0.2, 0.25) is 0 Å². The van der Waals surface area contributed by atoms with Crippen molar-refractivity contribution < 1.29 is 9.50 Å². The van der Waals surface area contributed by atoms with E-state index in [1.807, 2.05) is 6.92 Å². The summed E-state index contributed by atoms with van der Waals surface area (Å²) in [5, 5.41) is 10.4. The average Bonchev–Trinajstić information content (AvgIpc) is 2.71. The normalized spacial score (nSPS) is 10.1. The molecule has 98 valence electrons. The van der Waals surface area contributed by atoms with Crippen LogP contribution < -0.4 is 4.87 Å². The number of halogens is 1. The Morgan fingerprint density at radius 3 is 2.89 bits per heavy atom. The number of thiazole rings is 1. The Bertz CT molecular complexity index is 706. The molecule has 0 saturated carbocycles. The highest BCUT2D eigenvalue weighted by Crippen LogP contribution is 2.12. The summed E-state index contributed by atoms with van der Waals surface area (Å²) in [7, 11) is 0. The van der Waals surface area contributed by atoms with Gasteiger partial charge in [-0.15, -0.1) is 0 Å². The van der Waals surface area contributed by atoms with E-state index in [4.69, 9.17) is 5.11 Å². The van der Waals surface area contributed by atoms with E-state index in [9.17, 15) is 9.18 Å². The maximum Gasteiger partial charge on any atom is 0.307 e. The van der Waals surface area contributed by atoms with Gasteiger partial charge in [-0.25, -0.2) is 4.39 Å². The van der Waals surface area contributed by atoms with Gasteiger partial charge in [0.2, 0.25) is 0 Å². The Labute approximate surface area is 114 Å². The molecule has 1 heterocycles. The minimum Gasteiger partial charge on any atom is -0.384 e. The highest BCUT2D eigenvalue weighted by Gasteiger charge is 2.06. The van der Waals surface area contributed by atoms with Crippen LogP contribution in [0.4, 0.5) is 4.39 Å². The average molecular weight is 277 g/mol. The van der Waals surface area contributed by atoms with Crippen molar-refractivity contribution in [1.82, 2.24) is 4.57 Å². The molecule has 0 spiro atoms. The summed E-state index contributed by atoms with van der Waals surface area (Å²) in [4.78, 5) is 11.6. The van der Waals surface area contributed by atoms with Crippen molar-refractivity contribution in [1.29, 1.82) is 0 Å². The summed E-state index contributed by atoms with van der Waals surface area (Å²) >= 11 is 1.14. The zero-order chi connectivity index (χ0) is 13.8. The Morgan fingerprint density at radius 2 is 2.26 bits per heavy atom. The number of aliphatic hydroxyl groups is 1. The predicted molar refractivity (Wildman–Crippen MR) is 72.8 cm³/mol. The van der Waals surface area contributed by atoms with Crippen LogP contribution in [-0.4, -0.2) is 16.3 Å². The van der Waals surface area contributed by atoms with Crippen molar-refractivity contribution in [3.63, 3.8) is 0 Å². The molecule has 2 rings (SSSR count). The molecule has 0 unspecified atom stereocenters. The van der Waals surface area contributed by atoms with Crippen molar-refractivity contribution in [2.24, 2.45) is 0 Å². The van der Waals surface area contributed by atoms with E-state index < -0.39 is 5.82 Å². The number of nitrogens with zero attached hydrogens (tertiary/aromatic N) is 1. The molecule has 0 fully saturated rings. The highest BCUT2D eigenvalue weighted by atomic mass is 32.1. The van der Waals surface area contributed by atoms with Gasteiger partial charge in [0, 0.05) is 11.1 Å². The number of aryl methyl sites for hydroxylation is 1. The second-order valence-corrected chi connectivity index (χ2v) is 4.82. The van der Waals surface area contributed by atoms with E-state index in [0.29, 0.717) is 6.54 Å². The van der Waals surface area contributed by atoms with E-state index in [1.54, 1.807) is 22.1 Å². The van der Waals surface area contributed by atoms with E-state index in [2.05, 4.69) is 11.8 Å². The van der Waals surface area contributed by atoms with E-state index in [0.717, 1.165) is 22.6 Å². The SMILES string of the molecule is Cc1csc(=O)n1Cc1ccc(F)c(C#CCO)c1. The van der Waals surface area contributed by atoms with Crippen LogP contribution in [0.5, 0.6) is 0 Å². The second kappa shape index (κ2) is 5.83. The largest absolute Gasteiger partial charge is 0.384 e. The van der Waals surface area contributed by atoms with Crippen molar-refractivity contribution in [2.75, 3.05) is 6.61 Å². The van der Waals surface area contributed by atoms with Crippen LogP contribution >= 0.6 is 11.3 Å². The van der Waals surface area contributed by atoms with Gasteiger partial charge in [0.1, 0.15) is 12.4 Å². The standard InChI is InChI=1S/C14H12FNO2S/c1-10-9-19-14(18)16(10)8-11-4-5-13(15)12(7-11)3-2-6-17/h4-5,7,9,17H,6,8H2,1H3. The molecule has 19 heavy (non-hydrogen) atoms. The third-order valence-electron chi connectivity index (χ3n) is 2.65. The van der Waals surface area contributed by atoms with Gasteiger partial charge in [-0.05, 0) is 24.6 Å². The third kappa shape index (κ3) is 3.11. The van der Waals surface area contributed by atoms with E-state index in [1.165, 1.54) is 6.07 Å². The number of aliphatic hydroxyl groups excluding tert-OH is 1. The lowest BCUT2D eigenvalue weighted by atomic mass is 10.1. The summed E-state index contributed by atoms with van der Waals surface area (Å²) in [6, 6.07) is 4.55. The molecule has 1 N–H and O–H groups in total. The van der Waals surface area contributed by atoms with Crippen LogP contribution in [0.3, 0.4) is 0 Å². The summed E-state index contributed by atoms with van der Waals surface area (Å²) in [5.41, 5.74) is 1.90. The quantitative estimate of drug-likeness (QED) is 0.850. The Morgan fingerprint density at radius 1 is 1.47 bits per heavy atom. The molecular formula is C14H12FNO2S. The first-order valence-electron chi connectivity index (χ1n) is 5.65. The van der Waals surface area contributed by atoms with Gasteiger partial charge in [-0.3, -0.25) is 9.36 Å². The Hall–Kier alpha value is -1.90. The van der Waals surface area contributed by atoms with E-state index in [-0.39, 0.29) is 17.0 Å². The molecule has 1 aromatic heterocycles. The monoisotopic (exact) mass is 277 g/mol. The summed E-state index contributed by atoms with van der Waals surface area (Å²) in [6.45, 7) is 1.93. The molecule has 0 bridgehead atoms. The molecule has 0 radical (unpaired) electrons. The number of benzene rings is 1. The fourth-order valence-electron chi connectivity index (χ4n) is 1.68. The van der Waals surface area contributed by atoms with Crippen molar-refractivity contribution in [3.05, 3.63) is 55.9 Å². The highest BCUT2D eigenvalue weighted by molar-refractivity contribution is 7.07. The van der Waals surface area contributed by atoms with Gasteiger partial charge in [-0.1, -0.05) is 29.2 Å². The van der Waals surface area contributed by atoms with E-state index >= 15 is 0 Å². The molecule has 0 amide bonds. The van der Waals surface area contributed by atoms with Gasteiger partial charge < -0.3 is 5.11 Å². The van der Waals surface area contributed by atoms with Crippen molar-refractivity contribution in [3.8, 4) is 11.8 Å². The maximum absolute atomic E-state index is 13.5. The topological polar surface area (TPSA) is 42.2 Å². The first kappa shape index (κ1) is 13.5. The molecule has 0 saturated heterocycles. The van der Waals surface area contributed by atoms with Crippen molar-refractivity contribution in [2.45, 2.75) is 13.5 Å².